The van der Waals surface area contributed by atoms with E-state index in [4.69, 9.17) is 0 Å². The summed E-state index contributed by atoms with van der Waals surface area (Å²) in [6.07, 6.45) is 2.02. The number of hydrogen-bond acceptors (Lipinski definition) is 1. The summed E-state index contributed by atoms with van der Waals surface area (Å²) in [5.74, 6) is 0.160. The van der Waals surface area contributed by atoms with Crippen LogP contribution in [0.15, 0.2) is 24.3 Å². The Morgan fingerprint density at radius 1 is 1.19 bits per heavy atom. The molecule has 0 aromatic heterocycles. The largest absolute Gasteiger partial charge is 0.339 e. The van der Waals surface area contributed by atoms with Gasteiger partial charge in [0.2, 0.25) is 0 Å². The van der Waals surface area contributed by atoms with Crippen LogP contribution < -0.4 is 0 Å². The summed E-state index contributed by atoms with van der Waals surface area (Å²) in [6.45, 7) is 7.92. The molecule has 1 aromatic rings. The standard InChI is InChI=1S/C14H21NO/c1-4-9-15(10-5-2)14(16)13-8-6-7-12(3)11-13/h6-8,11H,4-5,9-10H2,1-3H3. The van der Waals surface area contributed by atoms with Gasteiger partial charge in [0.15, 0.2) is 0 Å². The zero-order valence-electron chi connectivity index (χ0n) is 10.5. The molecule has 1 amide bonds. The van der Waals surface area contributed by atoms with Crippen LogP contribution in [0, 0.1) is 6.92 Å². The fourth-order valence-electron chi connectivity index (χ4n) is 1.82. The van der Waals surface area contributed by atoms with E-state index in [-0.39, 0.29) is 5.91 Å². The van der Waals surface area contributed by atoms with Crippen LogP contribution >= 0.6 is 0 Å². The van der Waals surface area contributed by atoms with E-state index >= 15 is 0 Å². The number of carbonyl (C=O) groups is 1. The van der Waals surface area contributed by atoms with E-state index < -0.39 is 0 Å². The minimum Gasteiger partial charge on any atom is -0.339 e. The maximum absolute atomic E-state index is 12.2. The molecule has 0 saturated heterocycles. The van der Waals surface area contributed by atoms with Gasteiger partial charge in [-0.25, -0.2) is 0 Å². The van der Waals surface area contributed by atoms with Crippen molar-refractivity contribution in [1.82, 2.24) is 4.90 Å². The number of carbonyl (C=O) groups excluding carboxylic acids is 1. The zero-order chi connectivity index (χ0) is 12.0. The van der Waals surface area contributed by atoms with Gasteiger partial charge in [-0.1, -0.05) is 31.5 Å². The van der Waals surface area contributed by atoms with Crippen LogP contribution in [0.3, 0.4) is 0 Å². The molecule has 1 aromatic carbocycles. The lowest BCUT2D eigenvalue weighted by molar-refractivity contribution is 0.0755. The molecular formula is C14H21NO. The summed E-state index contributed by atoms with van der Waals surface area (Å²) in [6, 6.07) is 7.81. The molecular weight excluding hydrogens is 198 g/mol. The molecule has 1 rings (SSSR count). The lowest BCUT2D eigenvalue weighted by atomic mass is 10.1. The maximum atomic E-state index is 12.2. The fourth-order valence-corrected chi connectivity index (χ4v) is 1.82. The smallest absolute Gasteiger partial charge is 0.253 e. The third kappa shape index (κ3) is 3.37. The number of nitrogens with zero attached hydrogens (tertiary/aromatic N) is 1. The van der Waals surface area contributed by atoms with Gasteiger partial charge in [0.05, 0.1) is 0 Å². The molecule has 0 fully saturated rings. The van der Waals surface area contributed by atoms with Gasteiger partial charge in [-0.15, -0.1) is 0 Å². The second kappa shape index (κ2) is 6.31. The van der Waals surface area contributed by atoms with Crippen molar-refractivity contribution in [3.8, 4) is 0 Å². The average molecular weight is 219 g/mol. The van der Waals surface area contributed by atoms with Crippen molar-refractivity contribution in [3.05, 3.63) is 35.4 Å². The third-order valence-corrected chi connectivity index (χ3v) is 2.54. The lowest BCUT2D eigenvalue weighted by Gasteiger charge is -2.21. The van der Waals surface area contributed by atoms with Crippen molar-refractivity contribution in [2.24, 2.45) is 0 Å². The summed E-state index contributed by atoms with van der Waals surface area (Å²) in [7, 11) is 0. The Morgan fingerprint density at radius 2 is 1.81 bits per heavy atom. The van der Waals surface area contributed by atoms with Crippen LogP contribution in [0.2, 0.25) is 0 Å². The minimum absolute atomic E-state index is 0.160. The molecule has 16 heavy (non-hydrogen) atoms. The Labute approximate surface area is 98.3 Å². The normalized spacial score (nSPS) is 10.2. The van der Waals surface area contributed by atoms with Crippen LogP contribution in [0.4, 0.5) is 0 Å². The molecule has 0 heterocycles. The van der Waals surface area contributed by atoms with Crippen LogP contribution in [0.25, 0.3) is 0 Å². The van der Waals surface area contributed by atoms with E-state index in [0.717, 1.165) is 37.1 Å². The van der Waals surface area contributed by atoms with Crippen LogP contribution in [-0.2, 0) is 0 Å². The predicted molar refractivity (Wildman–Crippen MR) is 67.7 cm³/mol. The summed E-state index contributed by atoms with van der Waals surface area (Å²) in [4.78, 5) is 14.1. The van der Waals surface area contributed by atoms with Crippen molar-refractivity contribution in [3.63, 3.8) is 0 Å². The van der Waals surface area contributed by atoms with Crippen molar-refractivity contribution in [2.75, 3.05) is 13.1 Å². The van der Waals surface area contributed by atoms with Gasteiger partial charge in [-0.2, -0.15) is 0 Å². The lowest BCUT2D eigenvalue weighted by Crippen LogP contribution is -2.32. The molecule has 0 aliphatic carbocycles. The molecule has 0 spiro atoms. The summed E-state index contributed by atoms with van der Waals surface area (Å²) in [5.41, 5.74) is 1.95. The molecule has 2 heteroatoms. The van der Waals surface area contributed by atoms with Gasteiger partial charge in [-0.3, -0.25) is 4.79 Å². The van der Waals surface area contributed by atoms with Crippen LogP contribution in [0.5, 0.6) is 0 Å². The van der Waals surface area contributed by atoms with E-state index in [1.807, 2.05) is 36.1 Å². The first-order valence-corrected chi connectivity index (χ1v) is 6.05. The summed E-state index contributed by atoms with van der Waals surface area (Å²) < 4.78 is 0. The Hall–Kier alpha value is -1.31. The van der Waals surface area contributed by atoms with Crippen LogP contribution in [-0.4, -0.2) is 23.9 Å². The highest BCUT2D eigenvalue weighted by Gasteiger charge is 2.13. The monoisotopic (exact) mass is 219 g/mol. The molecule has 0 aliphatic rings. The number of hydrogen-bond donors (Lipinski definition) is 0. The Bertz CT molecular complexity index is 340. The molecule has 0 bridgehead atoms. The summed E-state index contributed by atoms with van der Waals surface area (Å²) in [5, 5.41) is 0. The first-order valence-electron chi connectivity index (χ1n) is 6.05. The molecule has 0 radical (unpaired) electrons. The van der Waals surface area contributed by atoms with Gasteiger partial charge in [-0.05, 0) is 31.9 Å². The number of benzene rings is 1. The predicted octanol–water partition coefficient (Wildman–Crippen LogP) is 3.26. The van der Waals surface area contributed by atoms with Gasteiger partial charge in [0.1, 0.15) is 0 Å². The van der Waals surface area contributed by atoms with Crippen molar-refractivity contribution < 1.29 is 4.79 Å². The number of amides is 1. The first kappa shape index (κ1) is 12.8. The maximum Gasteiger partial charge on any atom is 0.253 e. The van der Waals surface area contributed by atoms with Gasteiger partial charge in [0, 0.05) is 18.7 Å². The quantitative estimate of drug-likeness (QED) is 0.744. The molecule has 0 unspecified atom stereocenters. The fraction of sp³-hybridized carbons (Fsp3) is 0.500. The Kier molecular flexibility index (Phi) is 5.03. The number of rotatable bonds is 5. The molecule has 2 nitrogen and oxygen atoms in total. The van der Waals surface area contributed by atoms with E-state index in [1.165, 1.54) is 0 Å². The highest BCUT2D eigenvalue weighted by atomic mass is 16.2. The third-order valence-electron chi connectivity index (χ3n) is 2.54. The highest BCUT2D eigenvalue weighted by Crippen LogP contribution is 2.08. The van der Waals surface area contributed by atoms with Gasteiger partial charge in [0.25, 0.3) is 5.91 Å². The van der Waals surface area contributed by atoms with E-state index in [2.05, 4.69) is 13.8 Å². The Balaban J connectivity index is 2.81. The van der Waals surface area contributed by atoms with Crippen molar-refractivity contribution in [2.45, 2.75) is 33.6 Å². The summed E-state index contributed by atoms with van der Waals surface area (Å²) >= 11 is 0. The van der Waals surface area contributed by atoms with Gasteiger partial charge >= 0.3 is 0 Å². The minimum atomic E-state index is 0.160. The Morgan fingerprint density at radius 3 is 2.31 bits per heavy atom. The SMILES string of the molecule is CCCN(CCC)C(=O)c1cccc(C)c1. The highest BCUT2D eigenvalue weighted by molar-refractivity contribution is 5.94. The average Bonchev–Trinajstić information content (AvgIpc) is 2.28. The zero-order valence-corrected chi connectivity index (χ0v) is 10.5. The molecule has 88 valence electrons. The molecule has 0 atom stereocenters. The van der Waals surface area contributed by atoms with E-state index in [0.29, 0.717) is 0 Å². The van der Waals surface area contributed by atoms with Crippen molar-refractivity contribution in [1.29, 1.82) is 0 Å². The number of aryl methyl sites for hydroxylation is 1. The molecule has 0 aliphatic heterocycles. The molecule has 0 N–H and O–H groups in total. The second-order valence-corrected chi connectivity index (χ2v) is 4.16. The second-order valence-electron chi connectivity index (χ2n) is 4.16. The van der Waals surface area contributed by atoms with E-state index in [9.17, 15) is 4.79 Å². The van der Waals surface area contributed by atoms with Crippen LogP contribution in [0.1, 0.15) is 42.6 Å². The topological polar surface area (TPSA) is 20.3 Å². The molecule has 0 saturated carbocycles. The van der Waals surface area contributed by atoms with Gasteiger partial charge < -0.3 is 4.90 Å². The first-order chi connectivity index (χ1) is 7.69. The van der Waals surface area contributed by atoms with E-state index in [1.54, 1.807) is 0 Å². The van der Waals surface area contributed by atoms with Crippen molar-refractivity contribution >= 4 is 5.91 Å².